The molecular weight excluding hydrogens is 292 g/mol. The molecule has 0 aliphatic carbocycles. The van der Waals surface area contributed by atoms with Crippen LogP contribution in [0.3, 0.4) is 0 Å². The van der Waals surface area contributed by atoms with Gasteiger partial charge in [0.15, 0.2) is 11.0 Å². The van der Waals surface area contributed by atoms with Crippen LogP contribution < -0.4 is 0 Å². The van der Waals surface area contributed by atoms with Crippen LogP contribution in [0.4, 0.5) is 0 Å². The quantitative estimate of drug-likeness (QED) is 0.600. The Morgan fingerprint density at radius 3 is 2.90 bits per heavy atom. The molecule has 0 saturated heterocycles. The highest BCUT2D eigenvalue weighted by Gasteiger charge is 2.10. The van der Waals surface area contributed by atoms with E-state index < -0.39 is 0 Å². The number of hydrogen-bond donors (Lipinski definition) is 1. The normalized spacial score (nSPS) is 11.2. The number of thiazole rings is 1. The van der Waals surface area contributed by atoms with Gasteiger partial charge in [0, 0.05) is 17.7 Å². The van der Waals surface area contributed by atoms with Gasteiger partial charge in [-0.25, -0.2) is 4.98 Å². The molecule has 5 nitrogen and oxygen atoms in total. The second-order valence-corrected chi connectivity index (χ2v) is 6.64. The lowest BCUT2D eigenvalue weighted by Gasteiger charge is -2.06. The van der Waals surface area contributed by atoms with Gasteiger partial charge in [0.25, 0.3) is 0 Å². The Morgan fingerprint density at radius 1 is 1.40 bits per heavy atom. The molecule has 0 unspecified atom stereocenters. The predicted molar refractivity (Wildman–Crippen MR) is 82.1 cm³/mol. The zero-order valence-corrected chi connectivity index (χ0v) is 13.5. The summed E-state index contributed by atoms with van der Waals surface area (Å²) < 4.78 is 2.01. The SMILES string of the molecule is CCCn1c(CO)nnc1SCCCc1csc(C)n1. The fraction of sp³-hybridized carbons (Fsp3) is 0.615. The molecule has 110 valence electrons. The first-order chi connectivity index (χ1) is 9.74. The second kappa shape index (κ2) is 7.75. The van der Waals surface area contributed by atoms with Crippen LogP contribution in [0.1, 0.15) is 36.3 Å². The van der Waals surface area contributed by atoms with E-state index >= 15 is 0 Å². The summed E-state index contributed by atoms with van der Waals surface area (Å²) in [7, 11) is 0. The third-order valence-electron chi connectivity index (χ3n) is 2.86. The van der Waals surface area contributed by atoms with Gasteiger partial charge in [0.2, 0.25) is 0 Å². The number of aliphatic hydroxyl groups is 1. The summed E-state index contributed by atoms with van der Waals surface area (Å²) in [6, 6.07) is 0. The van der Waals surface area contributed by atoms with Crippen LogP contribution in [-0.2, 0) is 19.6 Å². The van der Waals surface area contributed by atoms with E-state index in [1.54, 1.807) is 23.1 Å². The number of aliphatic hydroxyl groups excluding tert-OH is 1. The van der Waals surface area contributed by atoms with Gasteiger partial charge in [0.1, 0.15) is 6.61 Å². The average molecular weight is 312 g/mol. The van der Waals surface area contributed by atoms with Crippen LogP contribution in [0.2, 0.25) is 0 Å². The Hall–Kier alpha value is -0.920. The maximum absolute atomic E-state index is 9.24. The minimum Gasteiger partial charge on any atom is -0.388 e. The molecule has 20 heavy (non-hydrogen) atoms. The standard InChI is InChI=1S/C13H20N4OS2/c1-3-6-17-12(8-18)15-16-13(17)19-7-4-5-11-9-20-10(2)14-11/h9,18H,3-8H2,1-2H3. The van der Waals surface area contributed by atoms with Gasteiger partial charge >= 0.3 is 0 Å². The second-order valence-electron chi connectivity index (χ2n) is 4.52. The Labute approximate surface area is 127 Å². The van der Waals surface area contributed by atoms with Gasteiger partial charge < -0.3 is 9.67 Å². The molecule has 0 amide bonds. The molecule has 0 aromatic carbocycles. The van der Waals surface area contributed by atoms with E-state index in [-0.39, 0.29) is 6.61 Å². The fourth-order valence-corrected chi connectivity index (χ4v) is 3.50. The Morgan fingerprint density at radius 2 is 2.25 bits per heavy atom. The minimum atomic E-state index is -0.0499. The van der Waals surface area contributed by atoms with Crippen LogP contribution in [-0.4, -0.2) is 30.6 Å². The van der Waals surface area contributed by atoms with Gasteiger partial charge in [-0.15, -0.1) is 21.5 Å². The molecule has 0 aliphatic rings. The van der Waals surface area contributed by atoms with Crippen molar-refractivity contribution < 1.29 is 5.11 Å². The van der Waals surface area contributed by atoms with Crippen LogP contribution in [0.15, 0.2) is 10.5 Å². The van der Waals surface area contributed by atoms with Crippen molar-refractivity contribution in [1.82, 2.24) is 19.7 Å². The number of nitrogens with zero attached hydrogens (tertiary/aromatic N) is 4. The van der Waals surface area contributed by atoms with Crippen molar-refractivity contribution in [2.75, 3.05) is 5.75 Å². The van der Waals surface area contributed by atoms with Crippen molar-refractivity contribution in [3.05, 3.63) is 21.9 Å². The molecule has 7 heteroatoms. The molecule has 1 N–H and O–H groups in total. The van der Waals surface area contributed by atoms with Crippen molar-refractivity contribution in [3.63, 3.8) is 0 Å². The number of aromatic nitrogens is 4. The monoisotopic (exact) mass is 312 g/mol. The zero-order chi connectivity index (χ0) is 14.4. The van der Waals surface area contributed by atoms with Crippen LogP contribution >= 0.6 is 23.1 Å². The van der Waals surface area contributed by atoms with E-state index in [0.717, 1.165) is 41.7 Å². The topological polar surface area (TPSA) is 63.8 Å². The van der Waals surface area contributed by atoms with Crippen molar-refractivity contribution in [2.45, 2.75) is 51.4 Å². The third-order valence-corrected chi connectivity index (χ3v) is 4.73. The minimum absolute atomic E-state index is 0.0499. The van der Waals surface area contributed by atoms with E-state index in [1.165, 1.54) is 5.69 Å². The van der Waals surface area contributed by atoms with E-state index in [1.807, 2.05) is 11.5 Å². The Balaban J connectivity index is 1.83. The highest BCUT2D eigenvalue weighted by Crippen LogP contribution is 2.19. The zero-order valence-electron chi connectivity index (χ0n) is 11.9. The Kier molecular flexibility index (Phi) is 6.00. The maximum Gasteiger partial charge on any atom is 0.191 e. The van der Waals surface area contributed by atoms with Crippen molar-refractivity contribution in [1.29, 1.82) is 0 Å². The largest absolute Gasteiger partial charge is 0.388 e. The van der Waals surface area contributed by atoms with Crippen molar-refractivity contribution >= 4 is 23.1 Å². The molecule has 2 aromatic rings. The lowest BCUT2D eigenvalue weighted by molar-refractivity contribution is 0.263. The van der Waals surface area contributed by atoms with Crippen molar-refractivity contribution in [2.24, 2.45) is 0 Å². The highest BCUT2D eigenvalue weighted by atomic mass is 32.2. The molecule has 2 heterocycles. The molecule has 0 radical (unpaired) electrons. The first-order valence-electron chi connectivity index (χ1n) is 6.81. The molecule has 0 spiro atoms. The lowest BCUT2D eigenvalue weighted by Crippen LogP contribution is -2.05. The van der Waals surface area contributed by atoms with Gasteiger partial charge in [-0.3, -0.25) is 0 Å². The molecule has 0 saturated carbocycles. The van der Waals surface area contributed by atoms with E-state index in [9.17, 15) is 5.11 Å². The van der Waals surface area contributed by atoms with Gasteiger partial charge in [-0.1, -0.05) is 18.7 Å². The first kappa shape index (κ1) is 15.5. The summed E-state index contributed by atoms with van der Waals surface area (Å²) in [5.74, 6) is 1.65. The van der Waals surface area contributed by atoms with Gasteiger partial charge in [-0.05, 0) is 26.2 Å². The number of thioether (sulfide) groups is 1. The summed E-state index contributed by atoms with van der Waals surface area (Å²) in [4.78, 5) is 4.46. The average Bonchev–Trinajstić information content (AvgIpc) is 3.02. The summed E-state index contributed by atoms with van der Waals surface area (Å²) >= 11 is 3.41. The fourth-order valence-electron chi connectivity index (χ4n) is 1.93. The van der Waals surface area contributed by atoms with E-state index in [4.69, 9.17) is 0 Å². The van der Waals surface area contributed by atoms with Crippen molar-refractivity contribution in [3.8, 4) is 0 Å². The van der Waals surface area contributed by atoms with Gasteiger partial charge in [0.05, 0.1) is 10.7 Å². The molecular formula is C13H20N4OS2. The number of hydrogen-bond acceptors (Lipinski definition) is 6. The molecule has 0 bridgehead atoms. The van der Waals surface area contributed by atoms with Crippen LogP contribution in [0, 0.1) is 6.92 Å². The third kappa shape index (κ3) is 4.04. The Bertz CT molecular complexity index is 538. The molecule has 0 aliphatic heterocycles. The molecule has 0 atom stereocenters. The maximum atomic E-state index is 9.24. The number of rotatable bonds is 8. The molecule has 2 rings (SSSR count). The summed E-state index contributed by atoms with van der Waals surface area (Å²) in [5.41, 5.74) is 1.18. The lowest BCUT2D eigenvalue weighted by atomic mass is 10.3. The van der Waals surface area contributed by atoms with Crippen LogP contribution in [0.25, 0.3) is 0 Å². The molecule has 0 fully saturated rings. The predicted octanol–water partition coefficient (Wildman–Crippen LogP) is 2.67. The molecule has 2 aromatic heterocycles. The summed E-state index contributed by atoms with van der Waals surface area (Å²) in [6.45, 7) is 4.95. The first-order valence-corrected chi connectivity index (χ1v) is 8.67. The van der Waals surface area contributed by atoms with E-state index in [2.05, 4.69) is 27.5 Å². The summed E-state index contributed by atoms with van der Waals surface area (Å²) in [5, 5.41) is 21.6. The smallest absolute Gasteiger partial charge is 0.191 e. The number of aryl methyl sites for hydroxylation is 2. The summed E-state index contributed by atoms with van der Waals surface area (Å²) in [6.07, 6.45) is 3.09. The van der Waals surface area contributed by atoms with Crippen LogP contribution in [0.5, 0.6) is 0 Å². The van der Waals surface area contributed by atoms with Gasteiger partial charge in [-0.2, -0.15) is 0 Å². The highest BCUT2D eigenvalue weighted by molar-refractivity contribution is 7.99. The van der Waals surface area contributed by atoms with E-state index in [0.29, 0.717) is 5.82 Å².